The summed E-state index contributed by atoms with van der Waals surface area (Å²) in [6.07, 6.45) is 3.36. The average molecular weight is 270 g/mol. The Morgan fingerprint density at radius 3 is 2.47 bits per heavy atom. The van der Waals surface area contributed by atoms with E-state index in [1.54, 1.807) is 0 Å². The van der Waals surface area contributed by atoms with Gasteiger partial charge in [0, 0.05) is 25.4 Å². The Kier molecular flexibility index (Phi) is 6.84. The number of nitrogens with zero attached hydrogens (tertiary/aromatic N) is 1. The predicted molar refractivity (Wildman–Crippen MR) is 73.9 cm³/mol. The first-order chi connectivity index (χ1) is 9.04. The molecule has 0 aromatic carbocycles. The molecule has 19 heavy (non-hydrogen) atoms. The van der Waals surface area contributed by atoms with Crippen LogP contribution in [0, 0.1) is 5.92 Å². The fraction of sp³-hybridized carbons (Fsp3) is 0.857. The van der Waals surface area contributed by atoms with Gasteiger partial charge < -0.3 is 15.3 Å². The first kappa shape index (κ1) is 16.0. The summed E-state index contributed by atoms with van der Waals surface area (Å²) >= 11 is 0. The number of carbonyl (C=O) groups excluding carboxylic acids is 1. The van der Waals surface area contributed by atoms with Gasteiger partial charge in [0.25, 0.3) is 0 Å². The van der Waals surface area contributed by atoms with E-state index >= 15 is 0 Å². The zero-order valence-electron chi connectivity index (χ0n) is 12.0. The Bertz CT molecular complexity index is 301. The molecule has 1 aliphatic rings. The summed E-state index contributed by atoms with van der Waals surface area (Å²) in [5, 5.41) is 12.1. The molecule has 0 bridgehead atoms. The second-order valence-electron chi connectivity index (χ2n) is 5.48. The molecular weight excluding hydrogens is 244 g/mol. The van der Waals surface area contributed by atoms with E-state index < -0.39 is 5.97 Å². The van der Waals surface area contributed by atoms with Gasteiger partial charge in [-0.05, 0) is 38.3 Å². The Morgan fingerprint density at radius 2 is 1.95 bits per heavy atom. The van der Waals surface area contributed by atoms with Crippen molar-refractivity contribution in [1.82, 2.24) is 10.2 Å². The molecule has 0 aromatic heterocycles. The zero-order chi connectivity index (χ0) is 14.3. The maximum Gasteiger partial charge on any atom is 0.303 e. The van der Waals surface area contributed by atoms with Crippen molar-refractivity contribution in [3.63, 3.8) is 0 Å². The molecule has 0 radical (unpaired) electrons. The van der Waals surface area contributed by atoms with Crippen LogP contribution in [0.5, 0.6) is 0 Å². The summed E-state index contributed by atoms with van der Waals surface area (Å²) in [5.74, 6) is -0.808. The van der Waals surface area contributed by atoms with E-state index in [0.717, 1.165) is 38.9 Å². The number of amides is 1. The predicted octanol–water partition coefficient (Wildman–Crippen LogP) is 1.48. The van der Waals surface area contributed by atoms with Crippen molar-refractivity contribution in [1.29, 1.82) is 0 Å². The van der Waals surface area contributed by atoms with Crippen molar-refractivity contribution in [2.75, 3.05) is 19.6 Å². The van der Waals surface area contributed by atoms with E-state index in [2.05, 4.69) is 12.2 Å². The molecule has 5 heteroatoms. The lowest BCUT2D eigenvalue weighted by atomic mass is 10.00. The summed E-state index contributed by atoms with van der Waals surface area (Å²) in [7, 11) is 0. The van der Waals surface area contributed by atoms with Crippen molar-refractivity contribution < 1.29 is 14.7 Å². The van der Waals surface area contributed by atoms with E-state index in [9.17, 15) is 9.59 Å². The van der Waals surface area contributed by atoms with Crippen LogP contribution in [-0.4, -0.2) is 47.6 Å². The van der Waals surface area contributed by atoms with Gasteiger partial charge in [-0.1, -0.05) is 13.8 Å². The van der Waals surface area contributed by atoms with Gasteiger partial charge in [0.2, 0.25) is 5.91 Å². The van der Waals surface area contributed by atoms with Crippen LogP contribution in [0.15, 0.2) is 0 Å². The van der Waals surface area contributed by atoms with Crippen LogP contribution in [0.25, 0.3) is 0 Å². The van der Waals surface area contributed by atoms with E-state index in [-0.39, 0.29) is 18.2 Å². The van der Waals surface area contributed by atoms with Crippen LogP contribution in [-0.2, 0) is 9.59 Å². The second kappa shape index (κ2) is 8.15. The standard InChI is InChI=1S/C14H26N2O3/c1-3-8-16(12-4-6-15-7-5-12)13(17)9-11(2)10-14(18)19/h11-12,15H,3-10H2,1-2H3,(H,18,19). The van der Waals surface area contributed by atoms with E-state index in [1.807, 2.05) is 11.8 Å². The minimum atomic E-state index is -0.829. The van der Waals surface area contributed by atoms with Gasteiger partial charge in [-0.2, -0.15) is 0 Å². The third-order valence-electron chi connectivity index (χ3n) is 3.58. The molecule has 0 spiro atoms. The van der Waals surface area contributed by atoms with Gasteiger partial charge in [0.05, 0.1) is 0 Å². The van der Waals surface area contributed by atoms with Crippen LogP contribution < -0.4 is 5.32 Å². The Labute approximate surface area is 115 Å². The molecule has 1 unspecified atom stereocenters. The highest BCUT2D eigenvalue weighted by molar-refractivity contribution is 5.77. The van der Waals surface area contributed by atoms with E-state index in [1.165, 1.54) is 0 Å². The number of carboxylic acid groups (broad SMARTS) is 1. The maximum atomic E-state index is 12.3. The van der Waals surface area contributed by atoms with Crippen LogP contribution in [0.3, 0.4) is 0 Å². The summed E-state index contributed by atoms with van der Waals surface area (Å²) in [5.41, 5.74) is 0. The number of piperidine rings is 1. The number of hydrogen-bond donors (Lipinski definition) is 2. The number of carboxylic acids is 1. The Morgan fingerprint density at radius 1 is 1.32 bits per heavy atom. The third-order valence-corrected chi connectivity index (χ3v) is 3.58. The lowest BCUT2D eigenvalue weighted by molar-refractivity contribution is -0.139. The third kappa shape index (κ3) is 5.59. The zero-order valence-corrected chi connectivity index (χ0v) is 12.0. The molecule has 1 fully saturated rings. The molecule has 0 aliphatic carbocycles. The molecule has 1 heterocycles. The van der Waals surface area contributed by atoms with Gasteiger partial charge in [0.1, 0.15) is 0 Å². The molecular formula is C14H26N2O3. The largest absolute Gasteiger partial charge is 0.481 e. The topological polar surface area (TPSA) is 69.6 Å². The highest BCUT2D eigenvalue weighted by Gasteiger charge is 2.25. The summed E-state index contributed by atoms with van der Waals surface area (Å²) in [6.45, 7) is 6.61. The number of aliphatic carboxylic acids is 1. The van der Waals surface area contributed by atoms with Gasteiger partial charge in [-0.15, -0.1) is 0 Å². The van der Waals surface area contributed by atoms with Crippen molar-refractivity contribution in [2.45, 2.75) is 52.0 Å². The molecule has 5 nitrogen and oxygen atoms in total. The number of rotatable bonds is 7. The molecule has 0 saturated carbocycles. The SMILES string of the molecule is CCCN(C(=O)CC(C)CC(=O)O)C1CCNCC1. The van der Waals surface area contributed by atoms with Crippen LogP contribution in [0.1, 0.15) is 46.0 Å². The molecule has 1 amide bonds. The number of nitrogens with one attached hydrogen (secondary N) is 1. The summed E-state index contributed by atoms with van der Waals surface area (Å²) in [6, 6.07) is 0.325. The summed E-state index contributed by atoms with van der Waals surface area (Å²) in [4.78, 5) is 25.0. The second-order valence-corrected chi connectivity index (χ2v) is 5.48. The Hall–Kier alpha value is -1.10. The lowest BCUT2D eigenvalue weighted by Crippen LogP contribution is -2.46. The highest BCUT2D eigenvalue weighted by atomic mass is 16.4. The fourth-order valence-corrected chi connectivity index (χ4v) is 2.66. The molecule has 1 atom stereocenters. The summed E-state index contributed by atoms with van der Waals surface area (Å²) < 4.78 is 0. The molecule has 1 saturated heterocycles. The molecule has 110 valence electrons. The van der Waals surface area contributed by atoms with Gasteiger partial charge in [-0.25, -0.2) is 0 Å². The molecule has 1 aliphatic heterocycles. The van der Waals surface area contributed by atoms with Crippen LogP contribution in [0.4, 0.5) is 0 Å². The normalized spacial score (nSPS) is 18.0. The van der Waals surface area contributed by atoms with E-state index in [0.29, 0.717) is 12.5 Å². The first-order valence-corrected chi connectivity index (χ1v) is 7.26. The first-order valence-electron chi connectivity index (χ1n) is 7.26. The minimum absolute atomic E-state index is 0.0674. The molecule has 2 N–H and O–H groups in total. The minimum Gasteiger partial charge on any atom is -0.481 e. The smallest absolute Gasteiger partial charge is 0.303 e. The van der Waals surface area contributed by atoms with Gasteiger partial charge in [0.15, 0.2) is 0 Å². The average Bonchev–Trinajstić information content (AvgIpc) is 2.35. The fourth-order valence-electron chi connectivity index (χ4n) is 2.66. The quantitative estimate of drug-likeness (QED) is 0.735. The lowest BCUT2D eigenvalue weighted by Gasteiger charge is -2.35. The van der Waals surface area contributed by atoms with Crippen molar-refractivity contribution >= 4 is 11.9 Å². The molecule has 1 rings (SSSR count). The van der Waals surface area contributed by atoms with Crippen LogP contribution in [0.2, 0.25) is 0 Å². The monoisotopic (exact) mass is 270 g/mol. The number of carbonyl (C=O) groups is 2. The highest BCUT2D eigenvalue weighted by Crippen LogP contribution is 2.17. The van der Waals surface area contributed by atoms with Gasteiger partial charge >= 0.3 is 5.97 Å². The molecule has 0 aromatic rings. The number of hydrogen-bond acceptors (Lipinski definition) is 3. The Balaban J connectivity index is 2.53. The van der Waals surface area contributed by atoms with Crippen molar-refractivity contribution in [3.8, 4) is 0 Å². The van der Waals surface area contributed by atoms with Gasteiger partial charge in [-0.3, -0.25) is 9.59 Å². The van der Waals surface area contributed by atoms with Crippen LogP contribution >= 0.6 is 0 Å². The van der Waals surface area contributed by atoms with E-state index in [4.69, 9.17) is 5.11 Å². The van der Waals surface area contributed by atoms with Crippen molar-refractivity contribution in [2.24, 2.45) is 5.92 Å². The maximum absolute atomic E-state index is 12.3. The van der Waals surface area contributed by atoms with Crippen molar-refractivity contribution in [3.05, 3.63) is 0 Å².